The van der Waals surface area contributed by atoms with Crippen molar-refractivity contribution >= 4 is 26.9 Å². The number of nitrogens with zero attached hydrogens (tertiary/aromatic N) is 1. The average Bonchev–Trinajstić information content (AvgIpc) is 2.81. The summed E-state index contributed by atoms with van der Waals surface area (Å²) in [5, 5.41) is 0.910. The molecule has 4 heteroatoms. The van der Waals surface area contributed by atoms with Crippen LogP contribution in [-0.2, 0) is 0 Å². The highest BCUT2D eigenvalue weighted by molar-refractivity contribution is 9.10. The van der Waals surface area contributed by atoms with Gasteiger partial charge in [-0.05, 0) is 40.2 Å². The first kappa shape index (κ1) is 10.4. The monoisotopic (exact) mass is 289 g/mol. The van der Waals surface area contributed by atoms with Crippen molar-refractivity contribution in [3.8, 4) is 5.69 Å². The molecule has 0 spiro atoms. The lowest BCUT2D eigenvalue weighted by molar-refractivity contribution is 0.614. The third-order valence-corrected chi connectivity index (χ3v) is 3.25. The van der Waals surface area contributed by atoms with Crippen LogP contribution in [0.4, 0.5) is 0 Å². The Bertz CT molecular complexity index is 742. The molecule has 0 saturated carbocycles. The maximum Gasteiger partial charge on any atom is 0.255 e. The number of furan rings is 1. The summed E-state index contributed by atoms with van der Waals surface area (Å²) in [6.45, 7) is 0. The summed E-state index contributed by atoms with van der Waals surface area (Å²) < 4.78 is 7.87. The molecule has 0 amide bonds. The smallest absolute Gasteiger partial charge is 0.255 e. The minimum atomic E-state index is -0.0580. The van der Waals surface area contributed by atoms with E-state index in [1.165, 1.54) is 6.07 Å². The van der Waals surface area contributed by atoms with Gasteiger partial charge in [0.2, 0.25) is 0 Å². The van der Waals surface area contributed by atoms with Crippen LogP contribution in [0.3, 0.4) is 0 Å². The number of hydrogen-bond acceptors (Lipinski definition) is 2. The van der Waals surface area contributed by atoms with E-state index in [2.05, 4.69) is 15.9 Å². The van der Waals surface area contributed by atoms with Crippen molar-refractivity contribution in [2.75, 3.05) is 0 Å². The van der Waals surface area contributed by atoms with Gasteiger partial charge in [-0.1, -0.05) is 6.07 Å². The predicted molar refractivity (Wildman–Crippen MR) is 69.5 cm³/mol. The standard InChI is InChI=1S/C13H8BrNO2/c14-10-4-5-11(9-6-8-17-13(9)10)15-7-2-1-3-12(15)16/h1-8H. The number of rotatable bonds is 1. The summed E-state index contributed by atoms with van der Waals surface area (Å²) in [5.74, 6) is 0. The molecule has 3 rings (SSSR count). The Hall–Kier alpha value is -1.81. The van der Waals surface area contributed by atoms with Gasteiger partial charge >= 0.3 is 0 Å². The normalized spacial score (nSPS) is 10.9. The molecule has 2 heterocycles. The van der Waals surface area contributed by atoms with Gasteiger partial charge in [-0.3, -0.25) is 9.36 Å². The number of hydrogen-bond donors (Lipinski definition) is 0. The van der Waals surface area contributed by atoms with E-state index in [9.17, 15) is 4.79 Å². The highest BCUT2D eigenvalue weighted by atomic mass is 79.9. The Kier molecular flexibility index (Phi) is 2.37. The number of pyridine rings is 1. The van der Waals surface area contributed by atoms with Crippen molar-refractivity contribution in [1.82, 2.24) is 4.57 Å². The molecule has 1 aromatic carbocycles. The molecular formula is C13H8BrNO2. The molecule has 0 atom stereocenters. The minimum Gasteiger partial charge on any atom is -0.463 e. The summed E-state index contributed by atoms with van der Waals surface area (Å²) >= 11 is 3.42. The van der Waals surface area contributed by atoms with Crippen LogP contribution in [0.1, 0.15) is 0 Å². The van der Waals surface area contributed by atoms with Gasteiger partial charge in [-0.25, -0.2) is 0 Å². The molecule has 0 saturated heterocycles. The quantitative estimate of drug-likeness (QED) is 0.689. The Morgan fingerprint density at radius 2 is 2.00 bits per heavy atom. The van der Waals surface area contributed by atoms with Gasteiger partial charge < -0.3 is 4.42 Å². The van der Waals surface area contributed by atoms with E-state index in [-0.39, 0.29) is 5.56 Å². The summed E-state index contributed by atoms with van der Waals surface area (Å²) in [4.78, 5) is 11.8. The van der Waals surface area contributed by atoms with Crippen molar-refractivity contribution in [1.29, 1.82) is 0 Å². The second-order valence-electron chi connectivity index (χ2n) is 3.64. The maximum atomic E-state index is 11.8. The largest absolute Gasteiger partial charge is 0.463 e. The fraction of sp³-hybridized carbons (Fsp3) is 0. The first-order valence-corrected chi connectivity index (χ1v) is 5.90. The van der Waals surface area contributed by atoms with Crippen LogP contribution in [0.5, 0.6) is 0 Å². The summed E-state index contributed by atoms with van der Waals surface area (Å²) in [5.41, 5.74) is 1.51. The first-order chi connectivity index (χ1) is 8.27. The molecule has 0 bridgehead atoms. The van der Waals surface area contributed by atoms with Crippen molar-refractivity contribution in [2.24, 2.45) is 0 Å². The molecule has 0 aliphatic heterocycles. The van der Waals surface area contributed by atoms with Crippen LogP contribution >= 0.6 is 15.9 Å². The molecule has 3 aromatic rings. The van der Waals surface area contributed by atoms with Crippen molar-refractivity contribution in [3.63, 3.8) is 0 Å². The summed E-state index contributed by atoms with van der Waals surface area (Å²) in [6, 6.07) is 10.7. The third-order valence-electron chi connectivity index (χ3n) is 2.63. The van der Waals surface area contributed by atoms with Crippen molar-refractivity contribution < 1.29 is 4.42 Å². The fourth-order valence-corrected chi connectivity index (χ4v) is 2.29. The molecule has 84 valence electrons. The molecule has 17 heavy (non-hydrogen) atoms. The molecule has 0 aliphatic rings. The second-order valence-corrected chi connectivity index (χ2v) is 4.49. The van der Waals surface area contributed by atoms with Crippen LogP contribution in [0.25, 0.3) is 16.7 Å². The Morgan fingerprint density at radius 3 is 2.82 bits per heavy atom. The van der Waals surface area contributed by atoms with Gasteiger partial charge in [0.25, 0.3) is 5.56 Å². The zero-order chi connectivity index (χ0) is 11.8. The van der Waals surface area contributed by atoms with Gasteiger partial charge in [-0.15, -0.1) is 0 Å². The van der Waals surface area contributed by atoms with E-state index in [0.717, 1.165) is 21.1 Å². The first-order valence-electron chi connectivity index (χ1n) is 5.11. The van der Waals surface area contributed by atoms with E-state index in [4.69, 9.17) is 4.42 Å². The number of halogens is 1. The van der Waals surface area contributed by atoms with Gasteiger partial charge in [0, 0.05) is 17.6 Å². The van der Waals surface area contributed by atoms with Gasteiger partial charge in [-0.2, -0.15) is 0 Å². The van der Waals surface area contributed by atoms with E-state index in [0.29, 0.717) is 0 Å². The average molecular weight is 290 g/mol. The Morgan fingerprint density at radius 1 is 1.12 bits per heavy atom. The zero-order valence-corrected chi connectivity index (χ0v) is 10.3. The maximum absolute atomic E-state index is 11.8. The molecule has 3 nitrogen and oxygen atoms in total. The second kappa shape index (κ2) is 3.89. The van der Waals surface area contributed by atoms with Crippen molar-refractivity contribution in [2.45, 2.75) is 0 Å². The zero-order valence-electron chi connectivity index (χ0n) is 8.76. The Balaban J connectivity index is 2.39. The lowest BCUT2D eigenvalue weighted by atomic mass is 10.2. The highest BCUT2D eigenvalue weighted by Crippen LogP contribution is 2.29. The van der Waals surface area contributed by atoms with Gasteiger partial charge in [0.1, 0.15) is 5.58 Å². The van der Waals surface area contributed by atoms with E-state index < -0.39 is 0 Å². The van der Waals surface area contributed by atoms with Crippen LogP contribution in [-0.4, -0.2) is 4.57 Å². The number of aromatic nitrogens is 1. The lowest BCUT2D eigenvalue weighted by Gasteiger charge is -2.06. The molecule has 2 aromatic heterocycles. The predicted octanol–water partition coefficient (Wildman–Crippen LogP) is 3.35. The lowest BCUT2D eigenvalue weighted by Crippen LogP contribution is -2.15. The minimum absolute atomic E-state index is 0.0580. The van der Waals surface area contributed by atoms with E-state index in [1.54, 1.807) is 23.1 Å². The molecule has 0 fully saturated rings. The number of benzene rings is 1. The molecule has 0 radical (unpaired) electrons. The van der Waals surface area contributed by atoms with E-state index >= 15 is 0 Å². The summed E-state index contributed by atoms with van der Waals surface area (Å²) in [7, 11) is 0. The SMILES string of the molecule is O=c1ccccn1-c1ccc(Br)c2occc12. The van der Waals surface area contributed by atoms with Crippen LogP contribution in [0.2, 0.25) is 0 Å². The number of fused-ring (bicyclic) bond motifs is 1. The van der Waals surface area contributed by atoms with Crippen LogP contribution in [0.15, 0.2) is 62.5 Å². The Labute approximate surface area is 105 Å². The fourth-order valence-electron chi connectivity index (χ4n) is 1.85. The molecule has 0 N–H and O–H groups in total. The molecule has 0 aliphatic carbocycles. The molecular weight excluding hydrogens is 282 g/mol. The highest BCUT2D eigenvalue weighted by Gasteiger charge is 2.09. The third kappa shape index (κ3) is 1.61. The summed E-state index contributed by atoms with van der Waals surface area (Å²) in [6.07, 6.45) is 3.37. The van der Waals surface area contributed by atoms with Crippen LogP contribution < -0.4 is 5.56 Å². The molecule has 0 unspecified atom stereocenters. The topological polar surface area (TPSA) is 35.1 Å². The van der Waals surface area contributed by atoms with E-state index in [1.807, 2.05) is 24.3 Å². The van der Waals surface area contributed by atoms with Gasteiger partial charge in [0.05, 0.1) is 16.4 Å². The van der Waals surface area contributed by atoms with Gasteiger partial charge in [0.15, 0.2) is 0 Å². The van der Waals surface area contributed by atoms with Crippen molar-refractivity contribution in [3.05, 3.63) is 63.7 Å². The van der Waals surface area contributed by atoms with Crippen LogP contribution in [0, 0.1) is 0 Å².